The van der Waals surface area contributed by atoms with Crippen molar-refractivity contribution in [2.75, 3.05) is 20.1 Å². The van der Waals surface area contributed by atoms with E-state index >= 15 is 0 Å². The van der Waals surface area contributed by atoms with Gasteiger partial charge in [0.1, 0.15) is 4.90 Å². The molecule has 1 N–H and O–H groups in total. The number of halogens is 3. The monoisotopic (exact) mass is 340 g/mol. The molecule has 0 saturated carbocycles. The van der Waals surface area contributed by atoms with Crippen LogP contribution in [0.25, 0.3) is 0 Å². The van der Waals surface area contributed by atoms with Gasteiger partial charge in [-0.15, -0.1) is 0 Å². The van der Waals surface area contributed by atoms with Crippen molar-refractivity contribution in [2.24, 2.45) is 0 Å². The van der Waals surface area contributed by atoms with Crippen molar-refractivity contribution >= 4 is 33.2 Å². The van der Waals surface area contributed by atoms with E-state index in [1.165, 1.54) is 23.5 Å². The van der Waals surface area contributed by atoms with Crippen LogP contribution in [0.3, 0.4) is 0 Å². The number of benzene rings is 1. The Hall–Kier alpha value is -0.400. The van der Waals surface area contributed by atoms with Crippen LogP contribution in [0.4, 0.5) is 4.39 Å². The lowest BCUT2D eigenvalue weighted by Gasteiger charge is -2.21. The number of likely N-dealkylation sites (N-methyl/N-ethyl adjacent to an activating group) is 1. The molecule has 4 nitrogen and oxygen atoms in total. The molecule has 1 saturated heterocycles. The summed E-state index contributed by atoms with van der Waals surface area (Å²) in [5.41, 5.74) is 0. The quantitative estimate of drug-likeness (QED) is 0.856. The molecular formula is C12H15Cl2FN2O2S. The summed E-state index contributed by atoms with van der Waals surface area (Å²) in [4.78, 5) is -0.262. The summed E-state index contributed by atoms with van der Waals surface area (Å²) in [6.45, 7) is 1.21. The molecule has 2 rings (SSSR count). The van der Waals surface area contributed by atoms with Crippen LogP contribution in [-0.4, -0.2) is 38.9 Å². The molecular weight excluding hydrogens is 326 g/mol. The number of nitrogens with one attached hydrogen (secondary N) is 1. The van der Waals surface area contributed by atoms with Gasteiger partial charge in [-0.25, -0.2) is 12.8 Å². The number of rotatable bonds is 4. The van der Waals surface area contributed by atoms with Crippen LogP contribution in [0.1, 0.15) is 12.8 Å². The molecule has 1 aromatic carbocycles. The maximum absolute atomic E-state index is 13.6. The second-order valence-electron chi connectivity index (χ2n) is 4.75. The molecule has 1 aliphatic rings. The number of hydrogen-bond donors (Lipinski definition) is 1. The van der Waals surface area contributed by atoms with Crippen molar-refractivity contribution in [1.82, 2.24) is 9.62 Å². The molecule has 1 fully saturated rings. The van der Waals surface area contributed by atoms with Crippen LogP contribution >= 0.6 is 23.2 Å². The fourth-order valence-corrected chi connectivity index (χ4v) is 4.13. The molecule has 112 valence electrons. The Kier molecular flexibility index (Phi) is 4.92. The van der Waals surface area contributed by atoms with Gasteiger partial charge in [-0.2, -0.15) is 4.31 Å². The van der Waals surface area contributed by atoms with Gasteiger partial charge in [0, 0.05) is 19.6 Å². The first kappa shape index (κ1) is 16.0. The van der Waals surface area contributed by atoms with Gasteiger partial charge in [-0.05, 0) is 31.5 Å². The molecule has 0 amide bonds. The van der Waals surface area contributed by atoms with E-state index in [2.05, 4.69) is 5.32 Å². The van der Waals surface area contributed by atoms with E-state index in [9.17, 15) is 12.8 Å². The molecule has 1 aromatic rings. The molecule has 0 aliphatic carbocycles. The Morgan fingerprint density at radius 2 is 2.15 bits per heavy atom. The molecule has 0 bridgehead atoms. The first-order valence-corrected chi connectivity index (χ1v) is 8.37. The molecule has 0 spiro atoms. The summed E-state index contributed by atoms with van der Waals surface area (Å²) >= 11 is 11.3. The Morgan fingerprint density at radius 1 is 1.45 bits per heavy atom. The van der Waals surface area contributed by atoms with E-state index in [4.69, 9.17) is 23.2 Å². The van der Waals surface area contributed by atoms with E-state index in [0.717, 1.165) is 19.4 Å². The third-order valence-electron chi connectivity index (χ3n) is 3.33. The Balaban J connectivity index is 2.27. The van der Waals surface area contributed by atoms with Crippen LogP contribution in [0.15, 0.2) is 17.0 Å². The maximum atomic E-state index is 13.6. The average Bonchev–Trinajstić information content (AvgIpc) is 2.88. The smallest absolute Gasteiger partial charge is 0.244 e. The van der Waals surface area contributed by atoms with Gasteiger partial charge in [0.25, 0.3) is 0 Å². The van der Waals surface area contributed by atoms with Crippen molar-refractivity contribution in [3.63, 3.8) is 0 Å². The third-order valence-corrected chi connectivity index (χ3v) is 5.97. The molecule has 20 heavy (non-hydrogen) atoms. The van der Waals surface area contributed by atoms with E-state index < -0.39 is 20.9 Å². The van der Waals surface area contributed by atoms with E-state index in [0.29, 0.717) is 6.54 Å². The third kappa shape index (κ3) is 3.09. The number of sulfonamides is 1. The summed E-state index contributed by atoms with van der Waals surface area (Å²) in [5.74, 6) is -0.915. The van der Waals surface area contributed by atoms with Gasteiger partial charge in [0.15, 0.2) is 5.82 Å². The Morgan fingerprint density at radius 3 is 2.75 bits per heavy atom. The lowest BCUT2D eigenvalue weighted by molar-refractivity contribution is 0.417. The minimum Gasteiger partial charge on any atom is -0.313 e. The predicted octanol–water partition coefficient (Wildman–Crippen LogP) is 2.50. The summed E-state index contributed by atoms with van der Waals surface area (Å²) in [6.07, 6.45) is 1.94. The number of hydrogen-bond acceptors (Lipinski definition) is 3. The molecule has 1 unspecified atom stereocenters. The minimum atomic E-state index is -3.83. The van der Waals surface area contributed by atoms with Crippen molar-refractivity contribution in [3.05, 3.63) is 28.0 Å². The van der Waals surface area contributed by atoms with Gasteiger partial charge >= 0.3 is 0 Å². The average molecular weight is 341 g/mol. The fourth-order valence-electron chi connectivity index (χ4n) is 2.20. The van der Waals surface area contributed by atoms with E-state index in [1.54, 1.807) is 0 Å². The summed E-state index contributed by atoms with van der Waals surface area (Å²) in [7, 11) is -2.38. The topological polar surface area (TPSA) is 49.4 Å². The number of nitrogens with zero attached hydrogens (tertiary/aromatic N) is 1. The summed E-state index contributed by atoms with van der Waals surface area (Å²) in [5, 5.41) is 2.54. The lowest BCUT2D eigenvalue weighted by atomic mass is 10.2. The molecule has 0 radical (unpaired) electrons. The first-order chi connectivity index (χ1) is 9.34. The summed E-state index contributed by atoms with van der Waals surface area (Å²) in [6, 6.07) is 2.53. The normalized spacial score (nSPS) is 19.8. The van der Waals surface area contributed by atoms with E-state index in [1.807, 2.05) is 0 Å². The molecule has 8 heteroatoms. The molecule has 0 aromatic heterocycles. The molecule has 1 heterocycles. The van der Waals surface area contributed by atoms with Gasteiger partial charge in [0.2, 0.25) is 10.0 Å². The van der Waals surface area contributed by atoms with Crippen LogP contribution < -0.4 is 5.32 Å². The van der Waals surface area contributed by atoms with Gasteiger partial charge in [-0.3, -0.25) is 0 Å². The predicted molar refractivity (Wildman–Crippen MR) is 77.3 cm³/mol. The standard InChI is InChI=1S/C12H15Cl2FN2O2S/c1-17(7-8-3-2-6-16-8)20(18,19)10-5-4-9(13)12(15)11(10)14/h4-5,8,16H,2-3,6-7H2,1H3. The van der Waals surface area contributed by atoms with Crippen LogP contribution in [0.2, 0.25) is 10.0 Å². The highest BCUT2D eigenvalue weighted by Crippen LogP contribution is 2.31. The Labute approximate surface area is 127 Å². The van der Waals surface area contributed by atoms with Gasteiger partial charge < -0.3 is 5.32 Å². The highest BCUT2D eigenvalue weighted by atomic mass is 35.5. The van der Waals surface area contributed by atoms with Crippen molar-refractivity contribution in [3.8, 4) is 0 Å². The fraction of sp³-hybridized carbons (Fsp3) is 0.500. The van der Waals surface area contributed by atoms with Crippen molar-refractivity contribution in [2.45, 2.75) is 23.8 Å². The van der Waals surface area contributed by atoms with Crippen LogP contribution in [0, 0.1) is 5.82 Å². The van der Waals surface area contributed by atoms with Crippen LogP contribution in [-0.2, 0) is 10.0 Å². The zero-order valence-corrected chi connectivity index (χ0v) is 13.2. The minimum absolute atomic E-state index is 0.116. The maximum Gasteiger partial charge on any atom is 0.244 e. The highest BCUT2D eigenvalue weighted by Gasteiger charge is 2.28. The second kappa shape index (κ2) is 6.15. The summed E-state index contributed by atoms with van der Waals surface area (Å²) < 4.78 is 39.6. The Bertz CT molecular complexity index is 604. The lowest BCUT2D eigenvalue weighted by Crippen LogP contribution is -2.38. The van der Waals surface area contributed by atoms with Crippen LogP contribution in [0.5, 0.6) is 0 Å². The van der Waals surface area contributed by atoms with Gasteiger partial charge in [-0.1, -0.05) is 23.2 Å². The van der Waals surface area contributed by atoms with Crippen molar-refractivity contribution in [1.29, 1.82) is 0 Å². The second-order valence-corrected chi connectivity index (χ2v) is 7.55. The zero-order chi connectivity index (χ0) is 14.9. The van der Waals surface area contributed by atoms with E-state index in [-0.39, 0.29) is 16.0 Å². The van der Waals surface area contributed by atoms with Gasteiger partial charge in [0.05, 0.1) is 10.0 Å². The highest BCUT2D eigenvalue weighted by molar-refractivity contribution is 7.89. The van der Waals surface area contributed by atoms with Crippen molar-refractivity contribution < 1.29 is 12.8 Å². The zero-order valence-electron chi connectivity index (χ0n) is 10.9. The SMILES string of the molecule is CN(CC1CCCN1)S(=O)(=O)c1ccc(Cl)c(F)c1Cl. The first-order valence-electron chi connectivity index (χ1n) is 6.17. The largest absolute Gasteiger partial charge is 0.313 e. The molecule has 1 atom stereocenters. The molecule has 1 aliphatic heterocycles.